The van der Waals surface area contributed by atoms with E-state index in [1.54, 1.807) is 14.2 Å². The molecule has 0 aliphatic rings. The van der Waals surface area contributed by atoms with E-state index in [1.807, 2.05) is 13.1 Å². The highest BCUT2D eigenvalue weighted by Crippen LogP contribution is 2.08. The molecule has 0 spiro atoms. The molecule has 0 heterocycles. The van der Waals surface area contributed by atoms with Crippen LogP contribution in [0.25, 0.3) is 0 Å². The van der Waals surface area contributed by atoms with Gasteiger partial charge >= 0.3 is 9.53 Å². The first kappa shape index (κ1) is 11.6. The van der Waals surface area contributed by atoms with Crippen molar-refractivity contribution < 1.29 is 13.0 Å². The van der Waals surface area contributed by atoms with Crippen LogP contribution in [-0.4, -0.2) is 37.6 Å². The van der Waals surface area contributed by atoms with Gasteiger partial charge in [-0.2, -0.15) is 0 Å². The summed E-state index contributed by atoms with van der Waals surface area (Å²) in [6, 6.07) is 0. The lowest BCUT2D eigenvalue weighted by Gasteiger charge is -2.23. The highest BCUT2D eigenvalue weighted by molar-refractivity contribution is 6.81. The number of halogens is 1. The highest BCUT2D eigenvalue weighted by atomic mass is 35.5. The van der Waals surface area contributed by atoms with Gasteiger partial charge in [0.05, 0.1) is 0 Å². The van der Waals surface area contributed by atoms with Crippen molar-refractivity contribution in [2.75, 3.05) is 19.7 Å². The van der Waals surface area contributed by atoms with Gasteiger partial charge in [-0.15, -0.1) is 11.6 Å². The summed E-state index contributed by atoms with van der Waals surface area (Å²) in [4.78, 5) is 0. The fourth-order valence-corrected chi connectivity index (χ4v) is 4.35. The van der Waals surface area contributed by atoms with E-state index >= 15 is 0 Å². The Morgan fingerprint density at radius 2 is 1.73 bits per heavy atom. The normalized spacial score (nSPS) is 12.5. The van der Waals surface area contributed by atoms with Gasteiger partial charge in [0.15, 0.2) is 8.32 Å². The molecule has 68 valence electrons. The van der Waals surface area contributed by atoms with Crippen molar-refractivity contribution in [3.8, 4) is 0 Å². The van der Waals surface area contributed by atoms with Gasteiger partial charge in [-0.3, -0.25) is 0 Å². The predicted octanol–water partition coefficient (Wildman–Crippen LogP) is 0.996. The van der Waals surface area contributed by atoms with E-state index in [2.05, 4.69) is 0 Å². The van der Waals surface area contributed by atoms with E-state index in [0.29, 0.717) is 5.50 Å². The van der Waals surface area contributed by atoms with Crippen LogP contribution in [0.3, 0.4) is 0 Å². The zero-order valence-corrected chi connectivity index (χ0v) is 10.3. The average Bonchev–Trinajstić information content (AvgIpc) is 2.00. The number of alkyl halides is 1. The average molecular weight is 215 g/mol. The van der Waals surface area contributed by atoms with Crippen LogP contribution < -0.4 is 0 Å². The molecule has 6 heteroatoms. The molecule has 0 radical (unpaired) electrons. The van der Waals surface area contributed by atoms with E-state index in [0.717, 1.165) is 0 Å². The molecule has 3 nitrogen and oxygen atoms in total. The Labute approximate surface area is 75.7 Å². The Kier molecular flexibility index (Phi) is 5.57. The molecule has 0 aromatic rings. The lowest BCUT2D eigenvalue weighted by atomic mass is 11.8. The fraction of sp³-hybridized carbons (Fsp3) is 1.00. The van der Waals surface area contributed by atoms with Crippen molar-refractivity contribution >= 4 is 29.4 Å². The first-order valence-corrected chi connectivity index (χ1v) is 8.41. The number of rotatable bonds is 5. The molecule has 0 atom stereocenters. The topological polar surface area (TPSA) is 27.7 Å². The van der Waals surface area contributed by atoms with Crippen molar-refractivity contribution in [2.45, 2.75) is 13.1 Å². The summed E-state index contributed by atoms with van der Waals surface area (Å²) in [6.45, 7) is 4.08. The Bertz CT molecular complexity index is 108. The molecule has 0 aliphatic carbocycles. The van der Waals surface area contributed by atoms with Crippen LogP contribution in [-0.2, 0) is 13.0 Å². The monoisotopic (exact) mass is 214 g/mol. The molecule has 11 heavy (non-hydrogen) atoms. The van der Waals surface area contributed by atoms with E-state index in [-0.39, 0.29) is 0 Å². The summed E-state index contributed by atoms with van der Waals surface area (Å²) in [7, 11) is -0.370. The maximum atomic E-state index is 5.70. The Morgan fingerprint density at radius 1 is 1.27 bits per heavy atom. The number of hydrogen-bond donors (Lipinski definition) is 0. The van der Waals surface area contributed by atoms with E-state index < -0.39 is 17.8 Å². The molecule has 0 bridgehead atoms. The maximum absolute atomic E-state index is 5.70. The maximum Gasteiger partial charge on any atom is 0.473 e. The van der Waals surface area contributed by atoms with Gasteiger partial charge < -0.3 is 13.0 Å². The van der Waals surface area contributed by atoms with Gasteiger partial charge in [0.1, 0.15) is 0 Å². The predicted molar refractivity (Wildman–Crippen MR) is 50.5 cm³/mol. The summed E-state index contributed by atoms with van der Waals surface area (Å²) < 4.78 is 15.6. The molecule has 0 amide bonds. The van der Waals surface area contributed by atoms with Crippen LogP contribution in [0, 0.1) is 0 Å². The van der Waals surface area contributed by atoms with Crippen LogP contribution >= 0.6 is 11.6 Å². The minimum Gasteiger partial charge on any atom is -0.417 e. The third-order valence-electron chi connectivity index (χ3n) is 1.12. The van der Waals surface area contributed by atoms with Crippen molar-refractivity contribution in [2.24, 2.45) is 0 Å². The summed E-state index contributed by atoms with van der Waals surface area (Å²) in [5.41, 5.74) is 0.573. The SMILES string of the molecule is CO[SiH](OC)O[Si](C)(C)CCl. The molecular formula is C5H15ClO3Si2. The first-order chi connectivity index (χ1) is 5.05. The van der Waals surface area contributed by atoms with Gasteiger partial charge in [-0.05, 0) is 13.1 Å². The second kappa shape index (κ2) is 5.28. The highest BCUT2D eigenvalue weighted by Gasteiger charge is 2.27. The summed E-state index contributed by atoms with van der Waals surface area (Å²) in [5.74, 6) is 0. The number of hydrogen-bond acceptors (Lipinski definition) is 3. The zero-order valence-electron chi connectivity index (χ0n) is 7.39. The van der Waals surface area contributed by atoms with Crippen molar-refractivity contribution in [1.82, 2.24) is 0 Å². The molecule has 0 fully saturated rings. The molecule has 0 saturated carbocycles. The van der Waals surface area contributed by atoms with Crippen molar-refractivity contribution in [3.63, 3.8) is 0 Å². The molecule has 0 aliphatic heterocycles. The van der Waals surface area contributed by atoms with Crippen molar-refractivity contribution in [3.05, 3.63) is 0 Å². The van der Waals surface area contributed by atoms with E-state index in [9.17, 15) is 0 Å². The van der Waals surface area contributed by atoms with Gasteiger partial charge in [-0.1, -0.05) is 0 Å². The van der Waals surface area contributed by atoms with Gasteiger partial charge in [0.2, 0.25) is 0 Å². The van der Waals surface area contributed by atoms with Crippen LogP contribution in [0.1, 0.15) is 0 Å². The lowest BCUT2D eigenvalue weighted by Crippen LogP contribution is -2.42. The summed E-state index contributed by atoms with van der Waals surface area (Å²) in [5, 5.41) is 0. The zero-order chi connectivity index (χ0) is 8.91. The minimum atomic E-state index is -1.86. The second-order valence-corrected chi connectivity index (χ2v) is 9.82. The largest absolute Gasteiger partial charge is 0.473 e. The summed E-state index contributed by atoms with van der Waals surface area (Å²) in [6.07, 6.45) is 0. The third kappa shape index (κ3) is 4.94. The van der Waals surface area contributed by atoms with Gasteiger partial charge in [0.25, 0.3) is 0 Å². The van der Waals surface area contributed by atoms with Gasteiger partial charge in [0, 0.05) is 19.7 Å². The fourth-order valence-electron chi connectivity index (χ4n) is 0.484. The third-order valence-corrected chi connectivity index (χ3v) is 7.79. The quantitative estimate of drug-likeness (QED) is 0.505. The molecule has 0 rings (SSSR count). The molecule has 0 aromatic heterocycles. The Morgan fingerprint density at radius 3 is 2.00 bits per heavy atom. The molecule has 0 unspecified atom stereocenters. The minimum absolute atomic E-state index is 0.573. The summed E-state index contributed by atoms with van der Waals surface area (Å²) >= 11 is 5.70. The smallest absolute Gasteiger partial charge is 0.417 e. The standard InChI is InChI=1S/C5H15ClO3Si2/c1-7-10(8-2)9-11(3,4)5-6/h10H,5H2,1-4H3. The van der Waals surface area contributed by atoms with Crippen LogP contribution in [0.4, 0.5) is 0 Å². The van der Waals surface area contributed by atoms with Crippen LogP contribution in [0.15, 0.2) is 0 Å². The first-order valence-electron chi connectivity index (χ1n) is 3.35. The second-order valence-electron chi connectivity index (χ2n) is 2.77. The molecule has 0 saturated heterocycles. The van der Waals surface area contributed by atoms with Gasteiger partial charge in [-0.25, -0.2) is 0 Å². The van der Waals surface area contributed by atoms with Crippen molar-refractivity contribution in [1.29, 1.82) is 0 Å². The lowest BCUT2D eigenvalue weighted by molar-refractivity contribution is 0.199. The molecule has 0 N–H and O–H groups in total. The van der Waals surface area contributed by atoms with E-state index in [1.165, 1.54) is 0 Å². The Hall–Kier alpha value is 0.604. The van der Waals surface area contributed by atoms with Crippen LogP contribution in [0.2, 0.25) is 13.1 Å². The van der Waals surface area contributed by atoms with Crippen LogP contribution in [0.5, 0.6) is 0 Å². The van der Waals surface area contributed by atoms with E-state index in [4.69, 9.17) is 24.6 Å². The molecular weight excluding hydrogens is 200 g/mol. The Balaban J connectivity index is 3.79. The molecule has 0 aromatic carbocycles.